The second kappa shape index (κ2) is 5.43. The molecule has 0 saturated heterocycles. The minimum absolute atomic E-state index is 0.395. The van der Waals surface area contributed by atoms with E-state index in [9.17, 15) is 13.2 Å². The van der Waals surface area contributed by atoms with E-state index in [1.807, 2.05) is 36.4 Å². The molecule has 3 rings (SSSR count). The molecule has 1 atom stereocenters. The summed E-state index contributed by atoms with van der Waals surface area (Å²) < 4.78 is 23.2. The van der Waals surface area contributed by atoms with Crippen molar-refractivity contribution in [2.24, 2.45) is 0 Å². The molecule has 2 aromatic carbocycles. The number of carbonyl (C=O) groups is 1. The molecule has 0 saturated carbocycles. The van der Waals surface area contributed by atoms with E-state index >= 15 is 0 Å². The van der Waals surface area contributed by atoms with E-state index in [1.54, 1.807) is 18.2 Å². The van der Waals surface area contributed by atoms with E-state index in [-0.39, 0.29) is 0 Å². The Hall–Kier alpha value is -2.38. The molecule has 22 heavy (non-hydrogen) atoms. The monoisotopic (exact) mass is 317 g/mol. The van der Waals surface area contributed by atoms with Crippen LogP contribution in [0.4, 0.5) is 5.69 Å². The maximum atomic E-state index is 12.6. The van der Waals surface area contributed by atoms with Crippen LogP contribution in [0.15, 0.2) is 54.6 Å². The Morgan fingerprint density at radius 3 is 2.36 bits per heavy atom. The van der Waals surface area contributed by atoms with Crippen LogP contribution in [0.3, 0.4) is 0 Å². The third-order valence-corrected chi connectivity index (χ3v) is 3.83. The van der Waals surface area contributed by atoms with Crippen LogP contribution in [0.1, 0.15) is 22.1 Å². The molecular formula is C15H15N3O3S. The minimum Gasteiger partial charge on any atom is -0.360 e. The summed E-state index contributed by atoms with van der Waals surface area (Å²) in [4.78, 5) is 14.9. The van der Waals surface area contributed by atoms with E-state index in [0.29, 0.717) is 11.3 Å². The second-order valence-corrected chi connectivity index (χ2v) is 6.77. The molecular weight excluding hydrogens is 302 g/mol. The zero-order chi connectivity index (χ0) is 15.7. The molecule has 0 aromatic heterocycles. The molecule has 0 aliphatic carbocycles. The van der Waals surface area contributed by atoms with E-state index in [4.69, 9.17) is 0 Å². The number of hydrazine groups is 1. The highest BCUT2D eigenvalue weighted by molar-refractivity contribution is 7.88. The minimum atomic E-state index is -3.59. The van der Waals surface area contributed by atoms with Crippen molar-refractivity contribution in [3.05, 3.63) is 65.7 Å². The van der Waals surface area contributed by atoms with Crippen molar-refractivity contribution in [1.29, 1.82) is 0 Å². The van der Waals surface area contributed by atoms with Gasteiger partial charge in [-0.25, -0.2) is 13.4 Å². The number of rotatable bonds is 3. The lowest BCUT2D eigenvalue weighted by Gasteiger charge is -2.37. The van der Waals surface area contributed by atoms with Crippen LogP contribution < -0.4 is 10.1 Å². The maximum Gasteiger partial charge on any atom is 0.273 e. The molecule has 7 heteroatoms. The fourth-order valence-corrected chi connectivity index (χ4v) is 2.94. The Morgan fingerprint density at radius 2 is 1.68 bits per heavy atom. The molecule has 0 spiro atoms. The van der Waals surface area contributed by atoms with Crippen molar-refractivity contribution in [2.75, 3.05) is 11.6 Å². The predicted molar refractivity (Wildman–Crippen MR) is 83.4 cm³/mol. The highest BCUT2D eigenvalue weighted by atomic mass is 32.2. The molecule has 1 heterocycles. The van der Waals surface area contributed by atoms with Gasteiger partial charge in [0.1, 0.15) is 6.17 Å². The average molecular weight is 317 g/mol. The summed E-state index contributed by atoms with van der Waals surface area (Å²) in [5.74, 6) is -0.395. The third-order valence-electron chi connectivity index (χ3n) is 3.31. The average Bonchev–Trinajstić information content (AvgIpc) is 2.50. The topological polar surface area (TPSA) is 78.5 Å². The third kappa shape index (κ3) is 2.81. The molecule has 1 aliphatic heterocycles. The van der Waals surface area contributed by atoms with Gasteiger partial charge >= 0.3 is 0 Å². The van der Waals surface area contributed by atoms with Crippen LogP contribution in [-0.2, 0) is 10.0 Å². The van der Waals surface area contributed by atoms with Gasteiger partial charge in [0.25, 0.3) is 5.91 Å². The first-order chi connectivity index (χ1) is 10.5. The van der Waals surface area contributed by atoms with E-state index in [0.717, 1.165) is 16.8 Å². The second-order valence-electron chi connectivity index (χ2n) is 5.04. The fourth-order valence-electron chi connectivity index (χ4n) is 2.39. The van der Waals surface area contributed by atoms with Crippen molar-refractivity contribution in [3.8, 4) is 0 Å². The normalized spacial score (nSPS) is 17.8. The fraction of sp³-hybridized carbons (Fsp3) is 0.133. The number of amides is 1. The van der Waals surface area contributed by atoms with Crippen LogP contribution in [0.25, 0.3) is 0 Å². The number of benzene rings is 2. The number of sulfonamides is 1. The van der Waals surface area contributed by atoms with Crippen molar-refractivity contribution < 1.29 is 13.2 Å². The van der Waals surface area contributed by atoms with E-state index in [2.05, 4.69) is 10.1 Å². The number of nitrogens with one attached hydrogen (secondary N) is 2. The number of nitrogens with zero attached hydrogens (tertiary/aromatic N) is 1. The Kier molecular flexibility index (Phi) is 3.59. The Morgan fingerprint density at radius 1 is 1.05 bits per heavy atom. The van der Waals surface area contributed by atoms with Crippen LogP contribution >= 0.6 is 0 Å². The first-order valence-electron chi connectivity index (χ1n) is 6.67. The standard InChI is InChI=1S/C15H15N3O3S/c1-22(20,21)17-18-14(11-7-3-2-4-8-11)16-13-10-6-5-9-12(13)15(18)19/h2-10,14,16-17H,1H3/t14-/m0/s1. The quantitative estimate of drug-likeness (QED) is 0.903. The molecule has 0 bridgehead atoms. The van der Waals surface area contributed by atoms with Crippen LogP contribution in [0, 0.1) is 0 Å². The number of fused-ring (bicyclic) bond motifs is 1. The molecule has 6 nitrogen and oxygen atoms in total. The van der Waals surface area contributed by atoms with Gasteiger partial charge in [-0.15, -0.1) is 4.83 Å². The summed E-state index contributed by atoms with van der Waals surface area (Å²) >= 11 is 0. The van der Waals surface area contributed by atoms with Gasteiger partial charge in [0.2, 0.25) is 10.0 Å². The summed E-state index contributed by atoms with van der Waals surface area (Å²) in [6.45, 7) is 0. The summed E-state index contributed by atoms with van der Waals surface area (Å²) in [6.07, 6.45) is 0.404. The molecule has 1 amide bonds. The molecule has 0 fully saturated rings. The Labute approximate surface area is 128 Å². The zero-order valence-electron chi connectivity index (χ0n) is 11.9. The first-order valence-corrected chi connectivity index (χ1v) is 8.56. The van der Waals surface area contributed by atoms with Gasteiger partial charge in [-0.2, -0.15) is 0 Å². The summed E-state index contributed by atoms with van der Waals surface area (Å²) in [5, 5.41) is 4.30. The Bertz CT molecular complexity index is 806. The number of hydrogen-bond acceptors (Lipinski definition) is 4. The zero-order valence-corrected chi connectivity index (χ0v) is 12.7. The molecule has 2 N–H and O–H groups in total. The van der Waals surface area contributed by atoms with Gasteiger partial charge in [-0.1, -0.05) is 42.5 Å². The molecule has 2 aromatic rings. The summed E-state index contributed by atoms with van der Waals surface area (Å²) in [5.41, 5.74) is 1.88. The van der Waals surface area contributed by atoms with Gasteiger partial charge in [0.05, 0.1) is 11.8 Å². The van der Waals surface area contributed by atoms with Crippen LogP contribution in [0.5, 0.6) is 0 Å². The maximum absolute atomic E-state index is 12.6. The van der Waals surface area contributed by atoms with Crippen molar-refractivity contribution >= 4 is 21.6 Å². The van der Waals surface area contributed by atoms with E-state index < -0.39 is 22.1 Å². The van der Waals surface area contributed by atoms with Gasteiger partial charge in [0, 0.05) is 5.69 Å². The predicted octanol–water partition coefficient (Wildman–Crippen LogP) is 1.72. The van der Waals surface area contributed by atoms with Crippen LogP contribution in [0.2, 0.25) is 0 Å². The smallest absolute Gasteiger partial charge is 0.273 e. The van der Waals surface area contributed by atoms with Crippen molar-refractivity contribution in [3.63, 3.8) is 0 Å². The number of hydrogen-bond donors (Lipinski definition) is 2. The number of para-hydroxylation sites is 1. The highest BCUT2D eigenvalue weighted by Crippen LogP contribution is 2.31. The lowest BCUT2D eigenvalue weighted by molar-refractivity contribution is 0.0633. The van der Waals surface area contributed by atoms with Gasteiger partial charge in [-0.05, 0) is 17.7 Å². The summed E-state index contributed by atoms with van der Waals surface area (Å²) in [7, 11) is -3.59. The number of anilines is 1. The lowest BCUT2D eigenvalue weighted by atomic mass is 10.1. The van der Waals surface area contributed by atoms with Gasteiger partial charge in [0.15, 0.2) is 0 Å². The molecule has 114 valence electrons. The lowest BCUT2D eigenvalue weighted by Crippen LogP contribution is -2.52. The molecule has 0 radical (unpaired) electrons. The van der Waals surface area contributed by atoms with Gasteiger partial charge in [-0.3, -0.25) is 4.79 Å². The number of carbonyl (C=O) groups excluding carboxylic acids is 1. The van der Waals surface area contributed by atoms with Gasteiger partial charge < -0.3 is 5.32 Å². The first kappa shape index (κ1) is 14.6. The summed E-state index contributed by atoms with van der Waals surface area (Å²) in [6, 6.07) is 16.2. The molecule has 0 unspecified atom stereocenters. The van der Waals surface area contributed by atoms with Crippen molar-refractivity contribution in [2.45, 2.75) is 6.17 Å². The van der Waals surface area contributed by atoms with E-state index in [1.165, 1.54) is 0 Å². The largest absolute Gasteiger partial charge is 0.360 e. The highest BCUT2D eigenvalue weighted by Gasteiger charge is 2.34. The van der Waals surface area contributed by atoms with Crippen molar-refractivity contribution in [1.82, 2.24) is 9.84 Å². The molecule has 1 aliphatic rings. The Balaban J connectivity index is 2.08. The SMILES string of the molecule is CS(=O)(=O)NN1C(=O)c2ccccc2N[C@@H]1c1ccccc1. The van der Waals surface area contributed by atoms with Crippen LogP contribution in [-0.4, -0.2) is 25.6 Å².